The number of nitrogens with zero attached hydrogens (tertiary/aromatic N) is 1. The Morgan fingerprint density at radius 1 is 1.23 bits per heavy atom. The molecule has 0 bridgehead atoms. The summed E-state index contributed by atoms with van der Waals surface area (Å²) >= 11 is 0. The lowest BCUT2D eigenvalue weighted by molar-refractivity contribution is 0.414. The van der Waals surface area contributed by atoms with Crippen molar-refractivity contribution >= 4 is 5.96 Å². The van der Waals surface area contributed by atoms with E-state index in [1.54, 1.807) is 13.4 Å². The molecule has 0 aliphatic rings. The smallest absolute Gasteiger partial charge is 0.191 e. The van der Waals surface area contributed by atoms with Crippen molar-refractivity contribution in [3.8, 4) is 5.75 Å². The number of guanidine groups is 1. The van der Waals surface area contributed by atoms with Crippen LogP contribution in [-0.2, 0) is 13.0 Å². The molecule has 0 fully saturated rings. The number of ether oxygens (including phenoxy) is 1. The topological polar surface area (TPSA) is 58.8 Å². The van der Waals surface area contributed by atoms with Crippen molar-refractivity contribution in [3.63, 3.8) is 0 Å². The molecule has 1 aromatic heterocycles. The molecule has 118 valence electrons. The highest BCUT2D eigenvalue weighted by Gasteiger charge is 2.00. The molecular weight excluding hydrogens is 278 g/mol. The lowest BCUT2D eigenvalue weighted by atomic mass is 10.1. The summed E-state index contributed by atoms with van der Waals surface area (Å²) in [5, 5.41) is 6.55. The highest BCUT2D eigenvalue weighted by atomic mass is 16.5. The monoisotopic (exact) mass is 301 g/mol. The zero-order valence-electron chi connectivity index (χ0n) is 13.1. The van der Waals surface area contributed by atoms with E-state index in [2.05, 4.69) is 27.8 Å². The highest BCUT2D eigenvalue weighted by molar-refractivity contribution is 5.79. The van der Waals surface area contributed by atoms with Gasteiger partial charge in [-0.3, -0.25) is 0 Å². The predicted molar refractivity (Wildman–Crippen MR) is 88.2 cm³/mol. The van der Waals surface area contributed by atoms with Crippen LogP contribution in [0.2, 0.25) is 0 Å². The van der Waals surface area contributed by atoms with Crippen molar-refractivity contribution < 1.29 is 9.15 Å². The van der Waals surface area contributed by atoms with Crippen LogP contribution in [0, 0.1) is 0 Å². The normalized spacial score (nSPS) is 11.3. The molecule has 5 heteroatoms. The van der Waals surface area contributed by atoms with Gasteiger partial charge in [-0.1, -0.05) is 12.1 Å². The predicted octanol–water partition coefficient (Wildman–Crippen LogP) is 2.59. The fourth-order valence-electron chi connectivity index (χ4n) is 2.05. The van der Waals surface area contributed by atoms with Crippen molar-refractivity contribution in [2.24, 2.45) is 4.99 Å². The van der Waals surface area contributed by atoms with Gasteiger partial charge in [0.1, 0.15) is 18.1 Å². The first-order valence-electron chi connectivity index (χ1n) is 7.49. The van der Waals surface area contributed by atoms with Gasteiger partial charge < -0.3 is 19.8 Å². The Bertz CT molecular complexity index is 579. The van der Waals surface area contributed by atoms with E-state index in [0.29, 0.717) is 6.54 Å². The molecule has 0 atom stereocenters. The van der Waals surface area contributed by atoms with Crippen LogP contribution < -0.4 is 15.4 Å². The third-order valence-electron chi connectivity index (χ3n) is 3.16. The Hall–Kier alpha value is -2.43. The Morgan fingerprint density at radius 3 is 2.86 bits per heavy atom. The summed E-state index contributed by atoms with van der Waals surface area (Å²) in [4.78, 5) is 4.50. The van der Waals surface area contributed by atoms with Gasteiger partial charge >= 0.3 is 0 Å². The lowest BCUT2D eigenvalue weighted by Crippen LogP contribution is -2.38. The number of methoxy groups -OCH3 is 1. The average molecular weight is 301 g/mol. The Kier molecular flexibility index (Phi) is 6.36. The van der Waals surface area contributed by atoms with Gasteiger partial charge in [-0.15, -0.1) is 0 Å². The van der Waals surface area contributed by atoms with Crippen molar-refractivity contribution in [1.29, 1.82) is 0 Å². The van der Waals surface area contributed by atoms with Crippen molar-refractivity contribution in [2.75, 3.05) is 20.2 Å². The standard InChI is InChI=1S/C17H23N3O2/c1-3-18-17(20-13-16-8-5-11-22-16)19-10-9-14-6-4-7-15(12-14)21-2/h4-8,11-12H,3,9-10,13H2,1-2H3,(H2,18,19,20). The number of nitrogens with one attached hydrogen (secondary N) is 2. The minimum absolute atomic E-state index is 0.529. The molecule has 0 aliphatic carbocycles. The van der Waals surface area contributed by atoms with E-state index < -0.39 is 0 Å². The lowest BCUT2D eigenvalue weighted by Gasteiger charge is -2.11. The van der Waals surface area contributed by atoms with Crippen molar-refractivity contribution in [2.45, 2.75) is 19.9 Å². The second-order valence-electron chi connectivity index (χ2n) is 4.80. The number of benzene rings is 1. The maximum atomic E-state index is 5.28. The van der Waals surface area contributed by atoms with Gasteiger partial charge in [0.2, 0.25) is 0 Å². The van der Waals surface area contributed by atoms with Crippen molar-refractivity contribution in [3.05, 3.63) is 54.0 Å². The van der Waals surface area contributed by atoms with Gasteiger partial charge in [-0.2, -0.15) is 0 Å². The minimum atomic E-state index is 0.529. The first-order valence-corrected chi connectivity index (χ1v) is 7.49. The van der Waals surface area contributed by atoms with Crippen LogP contribution >= 0.6 is 0 Å². The second-order valence-corrected chi connectivity index (χ2v) is 4.80. The molecule has 2 aromatic rings. The quantitative estimate of drug-likeness (QED) is 0.609. The zero-order chi connectivity index (χ0) is 15.6. The molecule has 2 N–H and O–H groups in total. The molecule has 2 rings (SSSR count). The van der Waals surface area contributed by atoms with Crippen LogP contribution in [0.4, 0.5) is 0 Å². The maximum Gasteiger partial charge on any atom is 0.191 e. The molecule has 0 saturated carbocycles. The van der Waals surface area contributed by atoms with Gasteiger partial charge in [-0.05, 0) is 43.2 Å². The molecule has 1 heterocycles. The number of furan rings is 1. The van der Waals surface area contributed by atoms with Gasteiger partial charge in [-0.25, -0.2) is 4.99 Å². The summed E-state index contributed by atoms with van der Waals surface area (Å²) in [5.41, 5.74) is 1.23. The van der Waals surface area contributed by atoms with Crippen LogP contribution in [0.3, 0.4) is 0 Å². The molecule has 5 nitrogen and oxygen atoms in total. The number of rotatable bonds is 7. The summed E-state index contributed by atoms with van der Waals surface area (Å²) in [7, 11) is 1.68. The molecular formula is C17H23N3O2. The number of hydrogen-bond donors (Lipinski definition) is 2. The molecule has 0 saturated heterocycles. The average Bonchev–Trinajstić information content (AvgIpc) is 3.06. The fourth-order valence-corrected chi connectivity index (χ4v) is 2.05. The Labute approximate surface area is 131 Å². The molecule has 0 unspecified atom stereocenters. The molecule has 0 amide bonds. The van der Waals surface area contributed by atoms with Gasteiger partial charge in [0.15, 0.2) is 5.96 Å². The first kappa shape index (κ1) is 15.9. The summed E-state index contributed by atoms with van der Waals surface area (Å²) in [6.45, 7) is 4.20. The van der Waals surface area contributed by atoms with Crippen LogP contribution in [0.15, 0.2) is 52.1 Å². The molecule has 1 aromatic carbocycles. The van der Waals surface area contributed by atoms with E-state index in [1.165, 1.54) is 5.56 Å². The Balaban J connectivity index is 1.84. The Morgan fingerprint density at radius 2 is 2.14 bits per heavy atom. The van der Waals surface area contributed by atoms with Crippen LogP contribution in [0.25, 0.3) is 0 Å². The molecule has 0 spiro atoms. The van der Waals surface area contributed by atoms with Crippen LogP contribution in [0.1, 0.15) is 18.2 Å². The van der Waals surface area contributed by atoms with Gasteiger partial charge in [0.05, 0.1) is 13.4 Å². The highest BCUT2D eigenvalue weighted by Crippen LogP contribution is 2.12. The minimum Gasteiger partial charge on any atom is -0.497 e. The van der Waals surface area contributed by atoms with E-state index in [1.807, 2.05) is 31.2 Å². The first-order chi connectivity index (χ1) is 10.8. The molecule has 22 heavy (non-hydrogen) atoms. The fraction of sp³-hybridized carbons (Fsp3) is 0.353. The summed E-state index contributed by atoms with van der Waals surface area (Å²) in [5.74, 6) is 2.53. The second kappa shape index (κ2) is 8.77. The largest absolute Gasteiger partial charge is 0.497 e. The maximum absolute atomic E-state index is 5.28. The SMILES string of the molecule is CCNC(=NCc1ccco1)NCCc1cccc(OC)c1. The van der Waals surface area contributed by atoms with E-state index in [-0.39, 0.29) is 0 Å². The third-order valence-corrected chi connectivity index (χ3v) is 3.16. The summed E-state index contributed by atoms with van der Waals surface area (Å²) < 4.78 is 10.5. The summed E-state index contributed by atoms with van der Waals surface area (Å²) in [6, 6.07) is 11.9. The number of aliphatic imine (C=N–C) groups is 1. The van der Waals surface area contributed by atoms with E-state index in [0.717, 1.165) is 37.0 Å². The number of hydrogen-bond acceptors (Lipinski definition) is 3. The van der Waals surface area contributed by atoms with Gasteiger partial charge in [0, 0.05) is 13.1 Å². The summed E-state index contributed by atoms with van der Waals surface area (Å²) in [6.07, 6.45) is 2.57. The third kappa shape index (κ3) is 5.16. The molecule has 0 aliphatic heterocycles. The zero-order valence-corrected chi connectivity index (χ0v) is 13.1. The van der Waals surface area contributed by atoms with E-state index in [4.69, 9.17) is 9.15 Å². The van der Waals surface area contributed by atoms with Crippen LogP contribution in [-0.4, -0.2) is 26.2 Å². The van der Waals surface area contributed by atoms with E-state index >= 15 is 0 Å². The molecule has 0 radical (unpaired) electrons. The van der Waals surface area contributed by atoms with E-state index in [9.17, 15) is 0 Å². The van der Waals surface area contributed by atoms with Crippen molar-refractivity contribution in [1.82, 2.24) is 10.6 Å². The van der Waals surface area contributed by atoms with Gasteiger partial charge in [0.25, 0.3) is 0 Å². The van der Waals surface area contributed by atoms with Crippen LogP contribution in [0.5, 0.6) is 5.75 Å².